The van der Waals surface area contributed by atoms with Crippen LogP contribution in [0.4, 0.5) is 0 Å². The number of halogens is 1. The van der Waals surface area contributed by atoms with Crippen molar-refractivity contribution in [1.82, 2.24) is 10.6 Å². The average molecular weight is 261 g/mol. The smallest absolute Gasteiger partial charge is 0.227 e. The van der Waals surface area contributed by atoms with Crippen LogP contribution in [0.3, 0.4) is 0 Å². The summed E-state index contributed by atoms with van der Waals surface area (Å²) in [6, 6.07) is 0.354. The third kappa shape index (κ3) is 3.35. The molecule has 2 N–H and O–H groups in total. The van der Waals surface area contributed by atoms with E-state index in [9.17, 15) is 4.79 Å². The molecule has 0 radical (unpaired) electrons. The largest absolute Gasteiger partial charge is 0.353 e. The second-order valence-corrected chi connectivity index (χ2v) is 5.79. The van der Waals surface area contributed by atoms with Crippen LogP contribution in [0.15, 0.2) is 0 Å². The van der Waals surface area contributed by atoms with E-state index < -0.39 is 0 Å². The summed E-state index contributed by atoms with van der Waals surface area (Å²) in [6.45, 7) is 6.04. The molecule has 3 nitrogen and oxygen atoms in total. The fourth-order valence-electron chi connectivity index (χ4n) is 2.97. The predicted octanol–water partition coefficient (Wildman–Crippen LogP) is 2.10. The SMILES string of the molecule is CC(NC(=O)C1(C)CCNC1)C1CCCC1.Cl. The third-order valence-corrected chi connectivity index (χ3v) is 4.38. The lowest BCUT2D eigenvalue weighted by atomic mass is 9.87. The molecule has 0 aromatic rings. The van der Waals surface area contributed by atoms with Crippen LogP contribution in [-0.4, -0.2) is 25.0 Å². The minimum absolute atomic E-state index is 0. The molecule has 2 rings (SSSR count). The Hall–Kier alpha value is -0.280. The van der Waals surface area contributed by atoms with Crippen molar-refractivity contribution in [1.29, 1.82) is 0 Å². The van der Waals surface area contributed by atoms with Gasteiger partial charge in [-0.1, -0.05) is 12.8 Å². The van der Waals surface area contributed by atoms with Crippen molar-refractivity contribution in [3.63, 3.8) is 0 Å². The van der Waals surface area contributed by atoms with Gasteiger partial charge in [-0.05, 0) is 45.6 Å². The summed E-state index contributed by atoms with van der Waals surface area (Å²) in [7, 11) is 0. The van der Waals surface area contributed by atoms with E-state index in [1.807, 2.05) is 0 Å². The van der Waals surface area contributed by atoms with Gasteiger partial charge in [0.25, 0.3) is 0 Å². The molecule has 1 aliphatic heterocycles. The van der Waals surface area contributed by atoms with Gasteiger partial charge in [0.15, 0.2) is 0 Å². The van der Waals surface area contributed by atoms with Crippen molar-refractivity contribution in [3.05, 3.63) is 0 Å². The summed E-state index contributed by atoms with van der Waals surface area (Å²) in [6.07, 6.45) is 6.22. The first-order valence-electron chi connectivity index (χ1n) is 6.63. The molecular formula is C13H25ClN2O. The van der Waals surface area contributed by atoms with E-state index in [1.165, 1.54) is 25.7 Å². The van der Waals surface area contributed by atoms with E-state index in [2.05, 4.69) is 24.5 Å². The molecule has 0 bridgehead atoms. The second kappa shape index (κ2) is 6.05. The normalized spacial score (nSPS) is 30.9. The van der Waals surface area contributed by atoms with Crippen molar-refractivity contribution in [2.75, 3.05) is 13.1 Å². The molecule has 1 aliphatic carbocycles. The number of carbonyl (C=O) groups excluding carboxylic acids is 1. The van der Waals surface area contributed by atoms with Crippen molar-refractivity contribution < 1.29 is 4.79 Å². The zero-order chi connectivity index (χ0) is 11.6. The van der Waals surface area contributed by atoms with Gasteiger partial charge in [0, 0.05) is 12.6 Å². The Labute approximate surface area is 111 Å². The number of carbonyl (C=O) groups is 1. The molecule has 0 spiro atoms. The van der Waals surface area contributed by atoms with Gasteiger partial charge in [-0.3, -0.25) is 4.79 Å². The van der Waals surface area contributed by atoms with Gasteiger partial charge >= 0.3 is 0 Å². The maximum Gasteiger partial charge on any atom is 0.227 e. The highest BCUT2D eigenvalue weighted by molar-refractivity contribution is 5.85. The van der Waals surface area contributed by atoms with Crippen LogP contribution in [0.5, 0.6) is 0 Å². The third-order valence-electron chi connectivity index (χ3n) is 4.38. The maximum atomic E-state index is 12.2. The van der Waals surface area contributed by atoms with Crippen LogP contribution in [0, 0.1) is 11.3 Å². The zero-order valence-electron chi connectivity index (χ0n) is 10.9. The molecule has 4 heteroatoms. The summed E-state index contributed by atoms with van der Waals surface area (Å²) in [5.74, 6) is 0.957. The minimum atomic E-state index is -0.174. The maximum absolute atomic E-state index is 12.2. The van der Waals surface area contributed by atoms with Crippen LogP contribution in [-0.2, 0) is 4.79 Å². The highest BCUT2D eigenvalue weighted by Crippen LogP contribution is 2.29. The van der Waals surface area contributed by atoms with E-state index >= 15 is 0 Å². The summed E-state index contributed by atoms with van der Waals surface area (Å²) in [5, 5.41) is 6.50. The van der Waals surface area contributed by atoms with Crippen LogP contribution in [0.2, 0.25) is 0 Å². The summed E-state index contributed by atoms with van der Waals surface area (Å²) >= 11 is 0. The number of amides is 1. The highest BCUT2D eigenvalue weighted by atomic mass is 35.5. The van der Waals surface area contributed by atoms with E-state index in [-0.39, 0.29) is 23.7 Å². The van der Waals surface area contributed by atoms with Gasteiger partial charge in [-0.25, -0.2) is 0 Å². The van der Waals surface area contributed by atoms with Gasteiger partial charge < -0.3 is 10.6 Å². The average Bonchev–Trinajstić information content (AvgIpc) is 2.88. The molecule has 2 fully saturated rings. The van der Waals surface area contributed by atoms with E-state index in [0.29, 0.717) is 12.0 Å². The lowest BCUT2D eigenvalue weighted by Crippen LogP contribution is -2.46. The number of hydrogen-bond donors (Lipinski definition) is 2. The number of rotatable bonds is 3. The fraction of sp³-hybridized carbons (Fsp3) is 0.923. The van der Waals surface area contributed by atoms with Crippen molar-refractivity contribution in [3.8, 4) is 0 Å². The van der Waals surface area contributed by atoms with Crippen LogP contribution < -0.4 is 10.6 Å². The zero-order valence-corrected chi connectivity index (χ0v) is 11.7. The molecule has 2 atom stereocenters. The first kappa shape index (κ1) is 14.8. The van der Waals surface area contributed by atoms with Gasteiger partial charge in [0.05, 0.1) is 5.41 Å². The Bertz CT molecular complexity index is 258. The van der Waals surface area contributed by atoms with E-state index in [1.54, 1.807) is 0 Å². The Kier molecular flexibility index (Phi) is 5.26. The Morgan fingerprint density at radius 2 is 2.06 bits per heavy atom. The molecule has 100 valence electrons. The van der Waals surface area contributed by atoms with E-state index in [4.69, 9.17) is 0 Å². The van der Waals surface area contributed by atoms with Crippen molar-refractivity contribution in [2.45, 2.75) is 52.0 Å². The van der Waals surface area contributed by atoms with Gasteiger partial charge in [0.1, 0.15) is 0 Å². The van der Waals surface area contributed by atoms with Gasteiger partial charge in [-0.2, -0.15) is 0 Å². The van der Waals surface area contributed by atoms with Gasteiger partial charge in [0.2, 0.25) is 5.91 Å². The van der Waals surface area contributed by atoms with E-state index in [0.717, 1.165) is 19.5 Å². The molecule has 17 heavy (non-hydrogen) atoms. The Morgan fingerprint density at radius 3 is 2.59 bits per heavy atom. The van der Waals surface area contributed by atoms with Crippen LogP contribution >= 0.6 is 12.4 Å². The summed E-state index contributed by atoms with van der Waals surface area (Å²) < 4.78 is 0. The van der Waals surface area contributed by atoms with Gasteiger partial charge in [-0.15, -0.1) is 12.4 Å². The number of nitrogens with one attached hydrogen (secondary N) is 2. The molecule has 1 amide bonds. The predicted molar refractivity (Wildman–Crippen MR) is 72.4 cm³/mol. The molecule has 1 saturated carbocycles. The monoisotopic (exact) mass is 260 g/mol. The molecule has 0 aromatic carbocycles. The van der Waals surface area contributed by atoms with Crippen molar-refractivity contribution in [2.24, 2.45) is 11.3 Å². The summed E-state index contributed by atoms with van der Waals surface area (Å²) in [5.41, 5.74) is -0.174. The first-order chi connectivity index (χ1) is 7.62. The molecule has 1 heterocycles. The Balaban J connectivity index is 0.00000144. The molecular weight excluding hydrogens is 236 g/mol. The molecule has 2 aliphatic rings. The lowest BCUT2D eigenvalue weighted by Gasteiger charge is -2.27. The quantitative estimate of drug-likeness (QED) is 0.816. The minimum Gasteiger partial charge on any atom is -0.353 e. The second-order valence-electron chi connectivity index (χ2n) is 5.79. The molecule has 0 aromatic heterocycles. The van der Waals surface area contributed by atoms with Crippen molar-refractivity contribution >= 4 is 18.3 Å². The highest BCUT2D eigenvalue weighted by Gasteiger charge is 2.37. The molecule has 2 unspecified atom stereocenters. The van der Waals surface area contributed by atoms with Crippen LogP contribution in [0.1, 0.15) is 46.0 Å². The van der Waals surface area contributed by atoms with Crippen LogP contribution in [0.25, 0.3) is 0 Å². The first-order valence-corrected chi connectivity index (χ1v) is 6.63. The lowest BCUT2D eigenvalue weighted by molar-refractivity contribution is -0.130. The standard InChI is InChI=1S/C13H24N2O.ClH/c1-10(11-5-3-4-6-11)15-12(16)13(2)7-8-14-9-13;/h10-11,14H,3-9H2,1-2H3,(H,15,16);1H. The summed E-state index contributed by atoms with van der Waals surface area (Å²) in [4.78, 5) is 12.2. The topological polar surface area (TPSA) is 41.1 Å². The Morgan fingerprint density at radius 1 is 1.41 bits per heavy atom. The number of hydrogen-bond acceptors (Lipinski definition) is 2. The fourth-order valence-corrected chi connectivity index (χ4v) is 2.97. The molecule has 1 saturated heterocycles.